The fourth-order valence-electron chi connectivity index (χ4n) is 2.26. The van der Waals surface area contributed by atoms with Gasteiger partial charge in [-0.2, -0.15) is 4.68 Å². The molecule has 35 heavy (non-hydrogen) atoms. The SMILES string of the molecule is CC.Cc1nnnn1-c1ccccc1.Cc1nnno1.Cc1nnns1.c1ccn2cncc2c1. The molecular formula is C21H26N12OS. The number of pyridine rings is 1. The van der Waals surface area contributed by atoms with E-state index in [0.29, 0.717) is 5.89 Å². The maximum absolute atomic E-state index is 4.36. The van der Waals surface area contributed by atoms with Gasteiger partial charge >= 0.3 is 0 Å². The minimum atomic E-state index is 0.495. The maximum Gasteiger partial charge on any atom is 0.245 e. The lowest BCUT2D eigenvalue weighted by Crippen LogP contribution is -1.98. The number of aryl methyl sites for hydroxylation is 3. The summed E-state index contributed by atoms with van der Waals surface area (Å²) in [6, 6.07) is 15.8. The third-order valence-electron chi connectivity index (χ3n) is 3.74. The maximum atomic E-state index is 4.36. The molecule has 0 radical (unpaired) electrons. The lowest BCUT2D eigenvalue weighted by atomic mass is 10.3. The molecule has 0 saturated carbocycles. The summed E-state index contributed by atoms with van der Waals surface area (Å²) in [6.07, 6.45) is 5.59. The highest BCUT2D eigenvalue weighted by Crippen LogP contribution is 2.05. The molecule has 0 amide bonds. The number of benzene rings is 1. The van der Waals surface area contributed by atoms with Crippen molar-refractivity contribution >= 4 is 17.0 Å². The standard InChI is InChI=1S/C8H8N4.C7H6N2.C2H3N3O.C2H3N3S.C2H6/c1-7-9-10-11-12(7)8-5-3-2-4-6-8;1-2-4-9-6-8-5-7(9)3-1;2*1-2-3-4-5-6-2;1-2/h2-6H,1H3;1-6H;2*1H3;1-2H3. The zero-order valence-electron chi connectivity index (χ0n) is 20.0. The fraction of sp³-hybridized carbons (Fsp3) is 0.238. The number of hydrogen-bond acceptors (Lipinski definition) is 12. The van der Waals surface area contributed by atoms with Gasteiger partial charge in [-0.05, 0) is 59.0 Å². The van der Waals surface area contributed by atoms with Crippen LogP contribution >= 0.6 is 11.5 Å². The number of hydrogen-bond donors (Lipinski definition) is 0. The molecule has 182 valence electrons. The van der Waals surface area contributed by atoms with Gasteiger partial charge in [0.15, 0.2) is 5.82 Å². The molecule has 0 N–H and O–H groups in total. The lowest BCUT2D eigenvalue weighted by Gasteiger charge is -1.98. The van der Waals surface area contributed by atoms with Crippen LogP contribution in [0.5, 0.6) is 0 Å². The first-order chi connectivity index (χ1) is 17.1. The summed E-state index contributed by atoms with van der Waals surface area (Å²) in [6.45, 7) is 9.41. The Morgan fingerprint density at radius 2 is 1.60 bits per heavy atom. The molecule has 0 unspecified atom stereocenters. The molecule has 6 rings (SSSR count). The molecule has 14 heteroatoms. The van der Waals surface area contributed by atoms with E-state index < -0.39 is 0 Å². The van der Waals surface area contributed by atoms with Gasteiger partial charge in [0.1, 0.15) is 5.01 Å². The van der Waals surface area contributed by atoms with Crippen LogP contribution in [0.4, 0.5) is 0 Å². The van der Waals surface area contributed by atoms with Gasteiger partial charge in [-0.3, -0.25) is 0 Å². The molecule has 0 bridgehead atoms. The average molecular weight is 495 g/mol. The second kappa shape index (κ2) is 15.4. The van der Waals surface area contributed by atoms with Crippen LogP contribution in [0.3, 0.4) is 0 Å². The summed E-state index contributed by atoms with van der Waals surface area (Å²) in [5, 5.41) is 28.7. The molecule has 5 aromatic heterocycles. The molecule has 0 aliphatic heterocycles. The van der Waals surface area contributed by atoms with Crippen LogP contribution in [0.25, 0.3) is 11.2 Å². The van der Waals surface area contributed by atoms with Crippen molar-refractivity contribution in [2.24, 2.45) is 0 Å². The molecule has 0 saturated heterocycles. The van der Waals surface area contributed by atoms with Crippen LogP contribution in [-0.4, -0.2) is 60.0 Å². The minimum absolute atomic E-state index is 0.495. The third-order valence-corrected chi connectivity index (χ3v) is 4.24. The molecule has 0 aliphatic carbocycles. The van der Waals surface area contributed by atoms with Crippen molar-refractivity contribution in [1.82, 2.24) is 60.0 Å². The van der Waals surface area contributed by atoms with E-state index in [-0.39, 0.29) is 0 Å². The van der Waals surface area contributed by atoms with Gasteiger partial charge in [-0.25, -0.2) is 4.98 Å². The highest BCUT2D eigenvalue weighted by atomic mass is 32.1. The summed E-state index contributed by atoms with van der Waals surface area (Å²) in [5.74, 6) is 1.29. The van der Waals surface area contributed by atoms with Crippen LogP contribution in [0.15, 0.2) is 71.8 Å². The van der Waals surface area contributed by atoms with E-state index in [1.165, 1.54) is 11.5 Å². The van der Waals surface area contributed by atoms with Gasteiger partial charge in [0, 0.05) is 24.7 Å². The fourth-order valence-corrected chi connectivity index (χ4v) is 2.52. The van der Waals surface area contributed by atoms with Crippen LogP contribution in [-0.2, 0) is 0 Å². The van der Waals surface area contributed by atoms with Crippen LogP contribution in [0.2, 0.25) is 0 Å². The zero-order chi connectivity index (χ0) is 25.3. The van der Waals surface area contributed by atoms with E-state index in [1.807, 2.05) is 93.0 Å². The summed E-state index contributed by atoms with van der Waals surface area (Å²) in [5.41, 5.74) is 2.12. The predicted octanol–water partition coefficient (Wildman–Crippen LogP) is 3.35. The molecule has 1 aromatic carbocycles. The van der Waals surface area contributed by atoms with Gasteiger partial charge in [0.25, 0.3) is 0 Å². The Hall–Kier alpha value is -4.46. The van der Waals surface area contributed by atoms with Crippen molar-refractivity contribution in [3.05, 3.63) is 84.0 Å². The van der Waals surface area contributed by atoms with Crippen LogP contribution < -0.4 is 0 Å². The first kappa shape index (κ1) is 26.8. The minimum Gasteiger partial charge on any atom is -0.321 e. The lowest BCUT2D eigenvalue weighted by molar-refractivity contribution is 0.373. The number of aromatic nitrogens is 12. The van der Waals surface area contributed by atoms with Gasteiger partial charge in [-0.15, -0.1) is 10.2 Å². The zero-order valence-corrected chi connectivity index (χ0v) is 20.9. The first-order valence-electron chi connectivity index (χ1n) is 10.5. The van der Waals surface area contributed by atoms with E-state index in [2.05, 4.69) is 55.4 Å². The predicted molar refractivity (Wildman–Crippen MR) is 130 cm³/mol. The highest BCUT2D eigenvalue weighted by molar-refractivity contribution is 7.05. The Kier molecular flexibility index (Phi) is 11.8. The highest BCUT2D eigenvalue weighted by Gasteiger charge is 2.00. The second-order valence-corrected chi connectivity index (χ2v) is 7.10. The van der Waals surface area contributed by atoms with Crippen molar-refractivity contribution in [2.75, 3.05) is 0 Å². The molecule has 6 aromatic rings. The number of rotatable bonds is 1. The smallest absolute Gasteiger partial charge is 0.245 e. The van der Waals surface area contributed by atoms with E-state index in [1.54, 1.807) is 17.9 Å². The van der Waals surface area contributed by atoms with E-state index in [4.69, 9.17) is 0 Å². The number of fused-ring (bicyclic) bond motifs is 1. The molecule has 5 heterocycles. The van der Waals surface area contributed by atoms with Crippen molar-refractivity contribution in [1.29, 1.82) is 0 Å². The van der Waals surface area contributed by atoms with E-state index in [0.717, 1.165) is 22.0 Å². The number of imidazole rings is 1. The second-order valence-electron chi connectivity index (χ2n) is 6.16. The van der Waals surface area contributed by atoms with Crippen molar-refractivity contribution < 1.29 is 4.52 Å². The topological polar surface area (TPSA) is 151 Å². The summed E-state index contributed by atoms with van der Waals surface area (Å²) in [7, 11) is 0. The van der Waals surface area contributed by atoms with Crippen molar-refractivity contribution in [2.45, 2.75) is 34.6 Å². The molecule has 0 spiro atoms. The van der Waals surface area contributed by atoms with Gasteiger partial charge in [-0.1, -0.05) is 47.7 Å². The van der Waals surface area contributed by atoms with Gasteiger partial charge in [0.2, 0.25) is 5.89 Å². The largest absolute Gasteiger partial charge is 0.321 e. The summed E-state index contributed by atoms with van der Waals surface area (Å²) < 4.78 is 11.5. The summed E-state index contributed by atoms with van der Waals surface area (Å²) >= 11 is 1.31. The van der Waals surface area contributed by atoms with Gasteiger partial charge in [0.05, 0.1) is 29.0 Å². The normalized spacial score (nSPS) is 9.29. The molecule has 0 fully saturated rings. The van der Waals surface area contributed by atoms with Crippen LogP contribution in [0, 0.1) is 20.8 Å². The average Bonchev–Trinajstić information content (AvgIpc) is 3.72. The van der Waals surface area contributed by atoms with E-state index in [9.17, 15) is 0 Å². The Morgan fingerprint density at radius 1 is 0.829 bits per heavy atom. The summed E-state index contributed by atoms with van der Waals surface area (Å²) in [4.78, 5) is 3.96. The number of para-hydroxylation sites is 1. The molecule has 0 atom stereocenters. The first-order valence-corrected chi connectivity index (χ1v) is 11.3. The third kappa shape index (κ3) is 9.51. The number of nitrogens with zero attached hydrogens (tertiary/aromatic N) is 12. The van der Waals surface area contributed by atoms with Crippen molar-refractivity contribution in [3.63, 3.8) is 0 Å². The monoisotopic (exact) mass is 494 g/mol. The molecular weight excluding hydrogens is 468 g/mol. The Morgan fingerprint density at radius 3 is 2.09 bits per heavy atom. The Balaban J connectivity index is 0.000000167. The number of tetrazole rings is 1. The van der Waals surface area contributed by atoms with Gasteiger partial charge < -0.3 is 8.92 Å². The van der Waals surface area contributed by atoms with Crippen molar-refractivity contribution in [3.8, 4) is 5.69 Å². The quantitative estimate of drug-likeness (QED) is 0.331. The van der Waals surface area contributed by atoms with Crippen LogP contribution in [0.1, 0.15) is 30.6 Å². The molecule has 0 aliphatic rings. The Labute approximate surface area is 206 Å². The Bertz CT molecular complexity index is 1240. The van der Waals surface area contributed by atoms with E-state index >= 15 is 0 Å². The molecule has 13 nitrogen and oxygen atoms in total.